The second-order valence-corrected chi connectivity index (χ2v) is 7.62. The van der Waals surface area contributed by atoms with Crippen LogP contribution in [0.3, 0.4) is 0 Å². The van der Waals surface area contributed by atoms with Gasteiger partial charge in [0.05, 0.1) is 11.3 Å². The van der Waals surface area contributed by atoms with Gasteiger partial charge in [0.1, 0.15) is 5.70 Å². The van der Waals surface area contributed by atoms with E-state index in [9.17, 15) is 23.2 Å². The molecule has 0 aliphatic carbocycles. The van der Waals surface area contributed by atoms with Crippen LogP contribution in [0.15, 0.2) is 72.4 Å². The van der Waals surface area contributed by atoms with Crippen molar-refractivity contribution in [3.05, 3.63) is 94.6 Å². The van der Waals surface area contributed by atoms with Crippen LogP contribution >= 0.6 is 11.6 Å². The average Bonchev–Trinajstić information content (AvgIpc) is 3.01. The number of carbonyl (C=O) groups excluding carboxylic acids is 3. The van der Waals surface area contributed by atoms with E-state index in [0.717, 1.165) is 23.1 Å². The summed E-state index contributed by atoms with van der Waals surface area (Å²) < 4.78 is 27.2. The molecule has 1 aliphatic heterocycles. The van der Waals surface area contributed by atoms with E-state index < -0.39 is 23.4 Å². The molecule has 0 spiro atoms. The Bertz CT molecular complexity index is 1310. The van der Waals surface area contributed by atoms with E-state index in [2.05, 4.69) is 10.6 Å². The fourth-order valence-corrected chi connectivity index (χ4v) is 3.50. The van der Waals surface area contributed by atoms with Crippen LogP contribution < -0.4 is 15.5 Å². The summed E-state index contributed by atoms with van der Waals surface area (Å²) in [7, 11) is 0. The Balaban J connectivity index is 1.75. The Morgan fingerprint density at radius 2 is 1.48 bits per heavy atom. The second-order valence-electron chi connectivity index (χ2n) is 7.18. The Kier molecular flexibility index (Phi) is 5.93. The van der Waals surface area contributed by atoms with Gasteiger partial charge in [-0.15, -0.1) is 0 Å². The number of anilines is 3. The van der Waals surface area contributed by atoms with Gasteiger partial charge >= 0.3 is 0 Å². The third-order valence-electron chi connectivity index (χ3n) is 4.85. The van der Waals surface area contributed by atoms with Crippen LogP contribution in [-0.2, 0) is 14.4 Å². The van der Waals surface area contributed by atoms with Crippen molar-refractivity contribution in [2.75, 3.05) is 15.5 Å². The van der Waals surface area contributed by atoms with Crippen LogP contribution in [0.4, 0.5) is 25.8 Å². The molecule has 0 bridgehead atoms. The summed E-state index contributed by atoms with van der Waals surface area (Å²) in [6.07, 6.45) is 0. The first-order valence-corrected chi connectivity index (χ1v) is 10.1. The third kappa shape index (κ3) is 4.47. The number of hydrogen-bond acceptors (Lipinski definition) is 4. The molecule has 0 unspecified atom stereocenters. The van der Waals surface area contributed by atoms with Gasteiger partial charge < -0.3 is 10.6 Å². The zero-order valence-electron chi connectivity index (χ0n) is 17.2. The fraction of sp³-hybridized carbons (Fsp3) is 0.0417. The lowest BCUT2D eigenvalue weighted by Gasteiger charge is -2.15. The van der Waals surface area contributed by atoms with Gasteiger partial charge in [-0.1, -0.05) is 23.7 Å². The Morgan fingerprint density at radius 3 is 2.09 bits per heavy atom. The van der Waals surface area contributed by atoms with Crippen molar-refractivity contribution >= 4 is 52.0 Å². The van der Waals surface area contributed by atoms with Crippen molar-refractivity contribution in [1.82, 2.24) is 0 Å². The molecular formula is C24H16ClF2N3O3. The van der Waals surface area contributed by atoms with E-state index in [0.29, 0.717) is 22.0 Å². The summed E-state index contributed by atoms with van der Waals surface area (Å²) in [5, 5.41) is 6.02. The molecule has 0 fully saturated rings. The topological polar surface area (TPSA) is 78.5 Å². The minimum atomic E-state index is -1.18. The van der Waals surface area contributed by atoms with Crippen LogP contribution in [0.25, 0.3) is 5.57 Å². The van der Waals surface area contributed by atoms with Gasteiger partial charge in [0.2, 0.25) is 5.91 Å². The second kappa shape index (κ2) is 8.84. The number of amides is 3. The van der Waals surface area contributed by atoms with Crippen molar-refractivity contribution < 1.29 is 23.2 Å². The SMILES string of the molecule is CC(=O)Nc1ccc(NC2=C(c3ccc(Cl)cc3)C(=O)N(c3ccc(F)c(F)c3)C2=O)cc1. The normalized spacial score (nSPS) is 13.5. The summed E-state index contributed by atoms with van der Waals surface area (Å²) in [4.78, 5) is 38.5. The first-order valence-electron chi connectivity index (χ1n) is 9.73. The summed E-state index contributed by atoms with van der Waals surface area (Å²) >= 11 is 5.96. The first kappa shape index (κ1) is 22.2. The van der Waals surface area contributed by atoms with Gasteiger partial charge in [0, 0.05) is 29.4 Å². The van der Waals surface area contributed by atoms with E-state index in [1.165, 1.54) is 6.92 Å². The molecule has 0 saturated carbocycles. The number of imide groups is 1. The molecule has 9 heteroatoms. The Labute approximate surface area is 192 Å². The molecule has 1 aliphatic rings. The monoisotopic (exact) mass is 467 g/mol. The van der Waals surface area contributed by atoms with Gasteiger partial charge in [0.25, 0.3) is 11.8 Å². The highest BCUT2D eigenvalue weighted by Crippen LogP contribution is 2.34. The van der Waals surface area contributed by atoms with E-state index in [4.69, 9.17) is 11.6 Å². The number of nitrogens with zero attached hydrogens (tertiary/aromatic N) is 1. The van der Waals surface area contributed by atoms with Crippen LogP contribution in [0.2, 0.25) is 5.02 Å². The maximum atomic E-state index is 13.8. The fourth-order valence-electron chi connectivity index (χ4n) is 3.37. The molecule has 2 N–H and O–H groups in total. The van der Waals surface area contributed by atoms with E-state index in [1.54, 1.807) is 48.5 Å². The van der Waals surface area contributed by atoms with Crippen LogP contribution in [-0.4, -0.2) is 17.7 Å². The van der Waals surface area contributed by atoms with Gasteiger partial charge in [-0.05, 0) is 54.1 Å². The van der Waals surface area contributed by atoms with Crippen molar-refractivity contribution in [1.29, 1.82) is 0 Å². The van der Waals surface area contributed by atoms with Gasteiger partial charge in [0.15, 0.2) is 11.6 Å². The molecule has 1 heterocycles. The lowest BCUT2D eigenvalue weighted by molar-refractivity contribution is -0.120. The molecule has 6 nitrogen and oxygen atoms in total. The molecule has 0 radical (unpaired) electrons. The minimum absolute atomic E-state index is 0.0423. The molecule has 0 atom stereocenters. The molecule has 4 rings (SSSR count). The first-order chi connectivity index (χ1) is 15.7. The number of hydrogen-bond donors (Lipinski definition) is 2. The van der Waals surface area contributed by atoms with Crippen LogP contribution in [0.5, 0.6) is 0 Å². The minimum Gasteiger partial charge on any atom is -0.350 e. The molecule has 166 valence electrons. The van der Waals surface area contributed by atoms with Crippen molar-refractivity contribution in [2.24, 2.45) is 0 Å². The number of halogens is 3. The van der Waals surface area contributed by atoms with E-state index >= 15 is 0 Å². The largest absolute Gasteiger partial charge is 0.350 e. The van der Waals surface area contributed by atoms with Gasteiger partial charge in [-0.3, -0.25) is 14.4 Å². The highest BCUT2D eigenvalue weighted by atomic mass is 35.5. The standard InChI is InChI=1S/C24H16ClF2N3O3/c1-13(31)28-16-6-8-17(9-7-16)29-22-21(14-2-4-15(25)5-3-14)23(32)30(24(22)33)18-10-11-19(26)20(27)12-18/h2-12,29H,1H3,(H,28,31). The van der Waals surface area contributed by atoms with Crippen molar-refractivity contribution in [3.63, 3.8) is 0 Å². The summed E-state index contributed by atoms with van der Waals surface area (Å²) in [6.45, 7) is 1.38. The smallest absolute Gasteiger partial charge is 0.282 e. The van der Waals surface area contributed by atoms with Crippen molar-refractivity contribution in [3.8, 4) is 0 Å². The maximum Gasteiger partial charge on any atom is 0.282 e. The van der Waals surface area contributed by atoms with Crippen LogP contribution in [0.1, 0.15) is 12.5 Å². The lowest BCUT2D eigenvalue weighted by atomic mass is 10.0. The highest BCUT2D eigenvalue weighted by molar-refractivity contribution is 6.46. The van der Waals surface area contributed by atoms with E-state index in [-0.39, 0.29) is 22.9 Å². The number of carbonyl (C=O) groups is 3. The molecular weight excluding hydrogens is 452 g/mol. The maximum absolute atomic E-state index is 13.8. The molecule has 33 heavy (non-hydrogen) atoms. The number of benzene rings is 3. The summed E-state index contributed by atoms with van der Waals surface area (Å²) in [5.74, 6) is -3.95. The lowest BCUT2D eigenvalue weighted by Crippen LogP contribution is -2.32. The zero-order chi connectivity index (χ0) is 23.7. The molecule has 3 aromatic rings. The predicted octanol–water partition coefficient (Wildman–Crippen LogP) is 4.97. The highest BCUT2D eigenvalue weighted by Gasteiger charge is 2.40. The van der Waals surface area contributed by atoms with Crippen LogP contribution in [0, 0.1) is 11.6 Å². The Hall–Kier alpha value is -4.04. The number of rotatable bonds is 5. The third-order valence-corrected chi connectivity index (χ3v) is 5.10. The average molecular weight is 468 g/mol. The molecule has 3 amide bonds. The predicted molar refractivity (Wildman–Crippen MR) is 122 cm³/mol. The van der Waals surface area contributed by atoms with Crippen molar-refractivity contribution in [2.45, 2.75) is 6.92 Å². The molecule has 0 saturated heterocycles. The summed E-state index contributed by atoms with van der Waals surface area (Å²) in [5.41, 5.74) is 1.34. The van der Waals surface area contributed by atoms with Gasteiger partial charge in [-0.25, -0.2) is 13.7 Å². The molecule has 3 aromatic carbocycles. The molecule has 0 aromatic heterocycles. The Morgan fingerprint density at radius 1 is 0.848 bits per heavy atom. The zero-order valence-corrected chi connectivity index (χ0v) is 17.9. The van der Waals surface area contributed by atoms with Gasteiger partial charge in [-0.2, -0.15) is 0 Å². The summed E-state index contributed by atoms with van der Waals surface area (Å²) in [6, 6.07) is 15.6. The van der Waals surface area contributed by atoms with E-state index in [1.807, 2.05) is 0 Å². The quantitative estimate of drug-likeness (QED) is 0.519. The number of nitrogens with one attached hydrogen (secondary N) is 2.